The summed E-state index contributed by atoms with van der Waals surface area (Å²) in [7, 11) is 0. The third-order valence-corrected chi connectivity index (χ3v) is 5.91. The maximum absolute atomic E-state index is 13.0. The van der Waals surface area contributed by atoms with Gasteiger partial charge in [-0.3, -0.25) is 9.59 Å². The molecule has 1 saturated heterocycles. The molecule has 7 heteroatoms. The fourth-order valence-corrected chi connectivity index (χ4v) is 4.25. The zero-order valence-corrected chi connectivity index (χ0v) is 18.8. The van der Waals surface area contributed by atoms with Crippen molar-refractivity contribution in [2.24, 2.45) is 0 Å². The number of nitrogens with zero attached hydrogens (tertiary/aromatic N) is 3. The van der Waals surface area contributed by atoms with Crippen molar-refractivity contribution >= 4 is 34.2 Å². The van der Waals surface area contributed by atoms with Crippen molar-refractivity contribution in [3.05, 3.63) is 84.7 Å². The lowest BCUT2D eigenvalue weighted by Gasteiger charge is -2.27. The SMILES string of the molecule is O=C(Cn1c(COc2ccccc2)nc2ccccc21)Nc1cccc(N2CCCCC2=O)c1. The van der Waals surface area contributed by atoms with E-state index in [9.17, 15) is 9.59 Å². The molecule has 0 spiro atoms. The average molecular weight is 455 g/mol. The number of hydrogen-bond acceptors (Lipinski definition) is 4. The topological polar surface area (TPSA) is 76.5 Å². The summed E-state index contributed by atoms with van der Waals surface area (Å²) in [5.41, 5.74) is 3.16. The van der Waals surface area contributed by atoms with Crippen LogP contribution >= 0.6 is 0 Å². The first-order chi connectivity index (χ1) is 16.7. The van der Waals surface area contributed by atoms with Crippen molar-refractivity contribution in [1.82, 2.24) is 9.55 Å². The summed E-state index contributed by atoms with van der Waals surface area (Å²) in [6, 6.07) is 24.7. The van der Waals surface area contributed by atoms with Crippen LogP contribution in [0.4, 0.5) is 11.4 Å². The van der Waals surface area contributed by atoms with Crippen LogP contribution in [0.5, 0.6) is 5.75 Å². The predicted molar refractivity (Wildman–Crippen MR) is 132 cm³/mol. The monoisotopic (exact) mass is 454 g/mol. The highest BCUT2D eigenvalue weighted by molar-refractivity contribution is 5.96. The van der Waals surface area contributed by atoms with E-state index in [-0.39, 0.29) is 25.0 Å². The number of rotatable bonds is 7. The molecule has 0 unspecified atom stereocenters. The molecular formula is C27H26N4O3. The van der Waals surface area contributed by atoms with Gasteiger partial charge in [0.05, 0.1) is 11.0 Å². The van der Waals surface area contributed by atoms with E-state index >= 15 is 0 Å². The molecule has 4 aromatic rings. The summed E-state index contributed by atoms with van der Waals surface area (Å²) in [4.78, 5) is 31.8. The van der Waals surface area contributed by atoms with Gasteiger partial charge in [-0.1, -0.05) is 36.4 Å². The van der Waals surface area contributed by atoms with Crippen LogP contribution in [0.3, 0.4) is 0 Å². The molecule has 2 amide bonds. The Balaban J connectivity index is 1.33. The van der Waals surface area contributed by atoms with Crippen molar-refractivity contribution in [1.29, 1.82) is 0 Å². The summed E-state index contributed by atoms with van der Waals surface area (Å²) in [5.74, 6) is 1.37. The van der Waals surface area contributed by atoms with E-state index in [1.807, 2.05) is 83.4 Å². The second-order valence-electron chi connectivity index (χ2n) is 8.31. The third kappa shape index (κ3) is 4.78. The molecule has 1 aromatic heterocycles. The summed E-state index contributed by atoms with van der Waals surface area (Å²) in [6.45, 7) is 1.06. The van der Waals surface area contributed by atoms with Gasteiger partial charge in [-0.2, -0.15) is 0 Å². The van der Waals surface area contributed by atoms with E-state index in [0.717, 1.165) is 35.3 Å². The molecule has 1 aliphatic heterocycles. The van der Waals surface area contributed by atoms with Gasteiger partial charge in [0.25, 0.3) is 0 Å². The molecule has 0 saturated carbocycles. The molecule has 1 N–H and O–H groups in total. The first-order valence-electron chi connectivity index (χ1n) is 11.5. The van der Waals surface area contributed by atoms with E-state index in [1.165, 1.54) is 0 Å². The summed E-state index contributed by atoms with van der Waals surface area (Å²) in [6.07, 6.45) is 2.49. The van der Waals surface area contributed by atoms with Crippen molar-refractivity contribution in [3.63, 3.8) is 0 Å². The Morgan fingerprint density at radius 3 is 2.65 bits per heavy atom. The molecule has 0 bridgehead atoms. The molecule has 7 nitrogen and oxygen atoms in total. The van der Waals surface area contributed by atoms with Gasteiger partial charge >= 0.3 is 0 Å². The Hall–Kier alpha value is -4.13. The van der Waals surface area contributed by atoms with Crippen LogP contribution in [0, 0.1) is 0 Å². The molecule has 0 aliphatic carbocycles. The van der Waals surface area contributed by atoms with Gasteiger partial charge in [0.15, 0.2) is 0 Å². The molecule has 1 fully saturated rings. The van der Waals surface area contributed by atoms with Gasteiger partial charge in [0, 0.05) is 24.3 Å². The molecule has 2 heterocycles. The number of carbonyl (C=O) groups excluding carboxylic acids is 2. The van der Waals surface area contributed by atoms with Crippen LogP contribution in [0.1, 0.15) is 25.1 Å². The highest BCUT2D eigenvalue weighted by Crippen LogP contribution is 2.24. The number of anilines is 2. The minimum atomic E-state index is -0.175. The minimum Gasteiger partial charge on any atom is -0.486 e. The number of nitrogens with one attached hydrogen (secondary N) is 1. The number of carbonyl (C=O) groups is 2. The van der Waals surface area contributed by atoms with Gasteiger partial charge in [0.1, 0.15) is 24.7 Å². The van der Waals surface area contributed by atoms with E-state index < -0.39 is 0 Å². The molecule has 5 rings (SSSR count). The van der Waals surface area contributed by atoms with Crippen molar-refractivity contribution in [2.75, 3.05) is 16.8 Å². The van der Waals surface area contributed by atoms with Crippen LogP contribution in [0.25, 0.3) is 11.0 Å². The molecule has 0 atom stereocenters. The maximum atomic E-state index is 13.0. The van der Waals surface area contributed by atoms with Gasteiger partial charge in [-0.15, -0.1) is 0 Å². The van der Waals surface area contributed by atoms with E-state index in [0.29, 0.717) is 24.5 Å². The Morgan fingerprint density at radius 1 is 0.971 bits per heavy atom. The molecule has 0 radical (unpaired) electrons. The summed E-state index contributed by atoms with van der Waals surface area (Å²) < 4.78 is 7.78. The number of piperidine rings is 1. The Labute approximate surface area is 198 Å². The lowest BCUT2D eigenvalue weighted by atomic mass is 10.1. The van der Waals surface area contributed by atoms with E-state index in [2.05, 4.69) is 10.3 Å². The maximum Gasteiger partial charge on any atom is 0.244 e. The van der Waals surface area contributed by atoms with Crippen LogP contribution in [-0.4, -0.2) is 27.9 Å². The molecule has 172 valence electrons. The van der Waals surface area contributed by atoms with Crippen LogP contribution in [-0.2, 0) is 22.7 Å². The summed E-state index contributed by atoms with van der Waals surface area (Å²) in [5, 5.41) is 2.97. The minimum absolute atomic E-state index is 0.0981. The highest BCUT2D eigenvalue weighted by atomic mass is 16.5. The van der Waals surface area contributed by atoms with Gasteiger partial charge < -0.3 is 19.5 Å². The quantitative estimate of drug-likeness (QED) is 0.436. The van der Waals surface area contributed by atoms with Crippen LogP contribution < -0.4 is 15.0 Å². The van der Waals surface area contributed by atoms with Gasteiger partial charge in [-0.25, -0.2) is 4.98 Å². The molecule has 1 aliphatic rings. The van der Waals surface area contributed by atoms with Crippen molar-refractivity contribution in [3.8, 4) is 5.75 Å². The number of fused-ring (bicyclic) bond motifs is 1. The second-order valence-corrected chi connectivity index (χ2v) is 8.31. The lowest BCUT2D eigenvalue weighted by Crippen LogP contribution is -2.35. The van der Waals surface area contributed by atoms with E-state index in [1.54, 1.807) is 4.90 Å². The molecular weight excluding hydrogens is 428 g/mol. The lowest BCUT2D eigenvalue weighted by molar-refractivity contribution is -0.119. The van der Waals surface area contributed by atoms with E-state index in [4.69, 9.17) is 4.74 Å². The second kappa shape index (κ2) is 9.79. The first kappa shape index (κ1) is 21.7. The number of hydrogen-bond donors (Lipinski definition) is 1. The smallest absolute Gasteiger partial charge is 0.244 e. The van der Waals surface area contributed by atoms with Crippen LogP contribution in [0.15, 0.2) is 78.9 Å². The molecule has 3 aromatic carbocycles. The number of ether oxygens (including phenoxy) is 1. The highest BCUT2D eigenvalue weighted by Gasteiger charge is 2.20. The number of aromatic nitrogens is 2. The Bertz CT molecular complexity index is 1320. The number of para-hydroxylation sites is 3. The fraction of sp³-hybridized carbons (Fsp3) is 0.222. The zero-order chi connectivity index (χ0) is 23.3. The first-order valence-corrected chi connectivity index (χ1v) is 11.5. The normalized spacial score (nSPS) is 13.8. The Morgan fingerprint density at radius 2 is 1.79 bits per heavy atom. The third-order valence-electron chi connectivity index (χ3n) is 5.91. The zero-order valence-electron chi connectivity index (χ0n) is 18.8. The van der Waals surface area contributed by atoms with Crippen LogP contribution in [0.2, 0.25) is 0 Å². The number of imidazole rings is 1. The average Bonchev–Trinajstić information content (AvgIpc) is 3.21. The van der Waals surface area contributed by atoms with Gasteiger partial charge in [0.2, 0.25) is 11.8 Å². The van der Waals surface area contributed by atoms with Gasteiger partial charge in [-0.05, 0) is 55.3 Å². The van der Waals surface area contributed by atoms with Crippen molar-refractivity contribution < 1.29 is 14.3 Å². The van der Waals surface area contributed by atoms with Crippen molar-refractivity contribution in [2.45, 2.75) is 32.4 Å². The Kier molecular flexibility index (Phi) is 6.25. The predicted octanol–water partition coefficient (Wildman–Crippen LogP) is 4.77. The summed E-state index contributed by atoms with van der Waals surface area (Å²) >= 11 is 0. The number of benzene rings is 3. The molecule has 34 heavy (non-hydrogen) atoms. The fourth-order valence-electron chi connectivity index (χ4n) is 4.25. The largest absolute Gasteiger partial charge is 0.486 e. The standard InChI is InChI=1S/C27H26N4O3/c32-26(28-20-9-8-10-21(17-20)30-16-7-6-15-27(30)33)18-31-24-14-5-4-13-23(24)29-25(31)19-34-22-11-2-1-3-12-22/h1-5,8-14,17H,6-7,15-16,18-19H2,(H,28,32). The number of amides is 2.